The summed E-state index contributed by atoms with van der Waals surface area (Å²) < 4.78 is 17.1. The first-order valence-corrected chi connectivity index (χ1v) is 10.8. The molecule has 0 fully saturated rings. The first-order chi connectivity index (χ1) is 15.2. The number of methoxy groups -OCH3 is 1. The van der Waals surface area contributed by atoms with Gasteiger partial charge in [-0.2, -0.15) is 0 Å². The van der Waals surface area contributed by atoms with E-state index in [1.807, 2.05) is 36.4 Å². The molecule has 2 aromatic carbocycles. The lowest BCUT2D eigenvalue weighted by molar-refractivity contribution is 0.0915. The van der Waals surface area contributed by atoms with Gasteiger partial charge in [-0.15, -0.1) is 0 Å². The molecule has 0 bridgehead atoms. The summed E-state index contributed by atoms with van der Waals surface area (Å²) in [6.45, 7) is 3.98. The van der Waals surface area contributed by atoms with E-state index in [-0.39, 0.29) is 6.61 Å². The molecule has 0 saturated carbocycles. The second-order valence-electron chi connectivity index (χ2n) is 7.83. The number of H-pyrrole nitrogens is 1. The van der Waals surface area contributed by atoms with E-state index in [0.717, 1.165) is 28.6 Å². The Kier molecular flexibility index (Phi) is 6.79. The van der Waals surface area contributed by atoms with Gasteiger partial charge >= 0.3 is 0 Å². The predicted molar refractivity (Wildman–Crippen MR) is 123 cm³/mol. The molecule has 0 aliphatic heterocycles. The van der Waals surface area contributed by atoms with Gasteiger partial charge in [-0.1, -0.05) is 37.3 Å². The lowest BCUT2D eigenvalue weighted by Crippen LogP contribution is -2.32. The minimum absolute atomic E-state index is 0.236. The third-order valence-corrected chi connectivity index (χ3v) is 5.55. The standard InChI is InChI=1S/C25H30N2O4/c1-17-11-12-23(24-19-7-3-4-8-20(19)27-25(17)24)31-16-18(28)15-26-13-14-30-22-10-6-5-9-21(22)29-2/h3-10,12,17-18,26-28H,11,13-16H2,1-2H3. The molecule has 0 amide bonds. The number of aliphatic hydroxyl groups excluding tert-OH is 1. The number of rotatable bonds is 10. The van der Waals surface area contributed by atoms with E-state index in [1.165, 1.54) is 5.69 Å². The molecule has 6 heteroatoms. The van der Waals surface area contributed by atoms with E-state index in [0.29, 0.717) is 37.1 Å². The van der Waals surface area contributed by atoms with Crippen molar-refractivity contribution in [1.29, 1.82) is 0 Å². The quantitative estimate of drug-likeness (QED) is 0.430. The summed E-state index contributed by atoms with van der Waals surface area (Å²) in [6, 6.07) is 15.8. The van der Waals surface area contributed by atoms with Crippen LogP contribution >= 0.6 is 0 Å². The van der Waals surface area contributed by atoms with Crippen LogP contribution in [0, 0.1) is 0 Å². The largest absolute Gasteiger partial charge is 0.493 e. The summed E-state index contributed by atoms with van der Waals surface area (Å²) in [5.41, 5.74) is 3.45. The molecule has 1 heterocycles. The molecular weight excluding hydrogens is 392 g/mol. The molecule has 0 saturated heterocycles. The predicted octanol–water partition coefficient (Wildman–Crippen LogP) is 4.07. The van der Waals surface area contributed by atoms with Crippen molar-refractivity contribution in [3.8, 4) is 11.5 Å². The van der Waals surface area contributed by atoms with Crippen LogP contribution in [-0.4, -0.2) is 49.6 Å². The minimum atomic E-state index is -0.611. The van der Waals surface area contributed by atoms with Crippen molar-refractivity contribution in [3.63, 3.8) is 0 Å². The third-order valence-electron chi connectivity index (χ3n) is 5.55. The Hall–Kier alpha value is -2.96. The highest BCUT2D eigenvalue weighted by molar-refractivity contribution is 5.93. The molecule has 0 radical (unpaired) electrons. The summed E-state index contributed by atoms with van der Waals surface area (Å²) in [6.07, 6.45) is 2.44. The molecule has 3 aromatic rings. The molecule has 2 atom stereocenters. The van der Waals surface area contributed by atoms with Crippen molar-refractivity contribution >= 4 is 16.7 Å². The van der Waals surface area contributed by atoms with Crippen molar-refractivity contribution in [1.82, 2.24) is 10.3 Å². The van der Waals surface area contributed by atoms with Gasteiger partial charge in [0.15, 0.2) is 11.5 Å². The van der Waals surface area contributed by atoms with Crippen LogP contribution in [0.15, 0.2) is 54.6 Å². The highest BCUT2D eigenvalue weighted by Gasteiger charge is 2.24. The molecule has 4 rings (SSSR count). The number of hydrogen-bond donors (Lipinski definition) is 3. The smallest absolute Gasteiger partial charge is 0.161 e. The molecule has 0 spiro atoms. The zero-order valence-electron chi connectivity index (χ0n) is 18.1. The summed E-state index contributed by atoms with van der Waals surface area (Å²) in [5, 5.41) is 14.7. The van der Waals surface area contributed by atoms with Crippen molar-refractivity contribution in [2.24, 2.45) is 0 Å². The van der Waals surface area contributed by atoms with Crippen LogP contribution in [0.4, 0.5) is 0 Å². The van der Waals surface area contributed by atoms with Gasteiger partial charge in [-0.05, 0) is 30.7 Å². The first-order valence-electron chi connectivity index (χ1n) is 10.8. The molecule has 1 aliphatic rings. The molecule has 3 N–H and O–H groups in total. The lowest BCUT2D eigenvalue weighted by atomic mass is 9.92. The highest BCUT2D eigenvalue weighted by Crippen LogP contribution is 2.39. The number of allylic oxidation sites excluding steroid dienone is 1. The molecule has 6 nitrogen and oxygen atoms in total. The number of aromatic nitrogens is 1. The van der Waals surface area contributed by atoms with Crippen molar-refractivity contribution in [2.45, 2.75) is 25.4 Å². The second kappa shape index (κ2) is 9.90. The van der Waals surface area contributed by atoms with Crippen LogP contribution in [-0.2, 0) is 4.74 Å². The van der Waals surface area contributed by atoms with Crippen LogP contribution in [0.3, 0.4) is 0 Å². The maximum absolute atomic E-state index is 10.4. The number of benzene rings is 2. The number of aromatic amines is 1. The zero-order valence-corrected chi connectivity index (χ0v) is 18.1. The van der Waals surface area contributed by atoms with Crippen molar-refractivity contribution < 1.29 is 19.3 Å². The summed E-state index contributed by atoms with van der Waals surface area (Å²) in [4.78, 5) is 3.53. The maximum atomic E-state index is 10.4. The average molecular weight is 423 g/mol. The first kappa shape index (κ1) is 21.3. The Morgan fingerprint density at radius 1 is 1.10 bits per heavy atom. The second-order valence-corrected chi connectivity index (χ2v) is 7.83. The van der Waals surface area contributed by atoms with Crippen LogP contribution < -0.4 is 14.8 Å². The fourth-order valence-corrected chi connectivity index (χ4v) is 3.92. The van der Waals surface area contributed by atoms with E-state index in [1.54, 1.807) is 7.11 Å². The Morgan fingerprint density at radius 3 is 2.71 bits per heavy atom. The molecule has 1 aromatic heterocycles. The van der Waals surface area contributed by atoms with E-state index < -0.39 is 6.10 Å². The van der Waals surface area contributed by atoms with Gasteiger partial charge in [0.1, 0.15) is 25.1 Å². The Bertz CT molecular complexity index is 1040. The van der Waals surface area contributed by atoms with Crippen LogP contribution in [0.5, 0.6) is 11.5 Å². The molecular formula is C25H30N2O4. The van der Waals surface area contributed by atoms with Gasteiger partial charge in [0.2, 0.25) is 0 Å². The Morgan fingerprint density at radius 2 is 1.87 bits per heavy atom. The fraction of sp³-hybridized carbons (Fsp3) is 0.360. The number of aliphatic hydroxyl groups is 1. The normalized spacial score (nSPS) is 16.5. The number of hydrogen-bond acceptors (Lipinski definition) is 5. The molecule has 1 aliphatic carbocycles. The van der Waals surface area contributed by atoms with Crippen LogP contribution in [0.2, 0.25) is 0 Å². The topological polar surface area (TPSA) is 75.7 Å². The fourth-order valence-electron chi connectivity index (χ4n) is 3.92. The van der Waals surface area contributed by atoms with E-state index in [2.05, 4.69) is 35.4 Å². The minimum Gasteiger partial charge on any atom is -0.493 e. The van der Waals surface area contributed by atoms with Gasteiger partial charge < -0.3 is 29.6 Å². The van der Waals surface area contributed by atoms with Crippen molar-refractivity contribution in [3.05, 3.63) is 65.9 Å². The van der Waals surface area contributed by atoms with Crippen LogP contribution in [0.25, 0.3) is 16.7 Å². The highest BCUT2D eigenvalue weighted by atomic mass is 16.5. The molecule has 2 unspecified atom stereocenters. The van der Waals surface area contributed by atoms with Gasteiger partial charge in [0.05, 0.1) is 7.11 Å². The summed E-state index contributed by atoms with van der Waals surface area (Å²) in [5.74, 6) is 2.69. The van der Waals surface area contributed by atoms with E-state index >= 15 is 0 Å². The maximum Gasteiger partial charge on any atom is 0.161 e. The molecule has 31 heavy (non-hydrogen) atoms. The van der Waals surface area contributed by atoms with Crippen molar-refractivity contribution in [2.75, 3.05) is 33.4 Å². The van der Waals surface area contributed by atoms with E-state index in [9.17, 15) is 5.11 Å². The molecule has 164 valence electrons. The summed E-state index contributed by atoms with van der Waals surface area (Å²) >= 11 is 0. The average Bonchev–Trinajstić information content (AvgIpc) is 3.19. The Balaban J connectivity index is 1.25. The number of ether oxygens (including phenoxy) is 3. The zero-order chi connectivity index (χ0) is 21.6. The Labute approximate surface area is 182 Å². The SMILES string of the molecule is COc1ccccc1OCCNCC(O)COC1=CCC(C)c2[nH]c3ccccc3c21. The van der Waals surface area contributed by atoms with E-state index in [4.69, 9.17) is 14.2 Å². The summed E-state index contributed by atoms with van der Waals surface area (Å²) in [7, 11) is 1.62. The lowest BCUT2D eigenvalue weighted by Gasteiger charge is -2.21. The van der Waals surface area contributed by atoms with Gasteiger partial charge in [0.25, 0.3) is 0 Å². The third kappa shape index (κ3) is 4.86. The van der Waals surface area contributed by atoms with Gasteiger partial charge in [0, 0.05) is 41.2 Å². The number of nitrogens with one attached hydrogen (secondary N) is 2. The number of fused-ring (bicyclic) bond motifs is 3. The van der Waals surface area contributed by atoms with Gasteiger partial charge in [-0.25, -0.2) is 0 Å². The monoisotopic (exact) mass is 422 g/mol. The van der Waals surface area contributed by atoms with Gasteiger partial charge in [-0.3, -0.25) is 0 Å². The van der Waals surface area contributed by atoms with Crippen LogP contribution in [0.1, 0.15) is 30.5 Å². The number of para-hydroxylation sites is 3.